The summed E-state index contributed by atoms with van der Waals surface area (Å²) in [6.07, 6.45) is 3.99. The van der Waals surface area contributed by atoms with Gasteiger partial charge in [0.1, 0.15) is 0 Å². The van der Waals surface area contributed by atoms with Crippen LogP contribution >= 0.6 is 0 Å². The minimum Gasteiger partial charge on any atom is -0.289 e. The Kier molecular flexibility index (Phi) is 3.88. The van der Waals surface area contributed by atoms with Crippen molar-refractivity contribution < 1.29 is 9.59 Å². The van der Waals surface area contributed by atoms with Gasteiger partial charge in [-0.05, 0) is 52.3 Å². The number of allylic oxidation sites excluding steroid dienone is 6. The minimum absolute atomic E-state index is 0.0649. The molecule has 27 heavy (non-hydrogen) atoms. The molecule has 0 bridgehead atoms. The predicted octanol–water partition coefficient (Wildman–Crippen LogP) is 5.91. The highest BCUT2D eigenvalue weighted by molar-refractivity contribution is 6.23. The molecule has 0 radical (unpaired) electrons. The lowest BCUT2D eigenvalue weighted by Crippen LogP contribution is -2.23. The molecule has 2 aromatic rings. The van der Waals surface area contributed by atoms with Gasteiger partial charge >= 0.3 is 0 Å². The molecule has 0 fully saturated rings. The van der Waals surface area contributed by atoms with Crippen LogP contribution in [0.3, 0.4) is 0 Å². The molecule has 0 unspecified atom stereocenters. The van der Waals surface area contributed by atoms with Crippen molar-refractivity contribution in [2.45, 2.75) is 27.7 Å². The predicted molar refractivity (Wildman–Crippen MR) is 110 cm³/mol. The van der Waals surface area contributed by atoms with Crippen LogP contribution in [0.4, 0.5) is 0 Å². The minimum atomic E-state index is -0.265. The molecule has 2 nitrogen and oxygen atoms in total. The lowest BCUT2D eigenvalue weighted by atomic mass is 9.73. The van der Waals surface area contributed by atoms with Crippen LogP contribution in [0, 0.1) is 5.41 Å². The van der Waals surface area contributed by atoms with E-state index in [1.165, 1.54) is 0 Å². The summed E-state index contributed by atoms with van der Waals surface area (Å²) in [4.78, 5) is 25.7. The van der Waals surface area contributed by atoms with Crippen molar-refractivity contribution in [3.05, 3.63) is 94.1 Å². The summed E-state index contributed by atoms with van der Waals surface area (Å²) in [6, 6.07) is 15.5. The van der Waals surface area contributed by atoms with E-state index in [4.69, 9.17) is 0 Å². The van der Waals surface area contributed by atoms with E-state index in [2.05, 4.69) is 20.8 Å². The lowest BCUT2D eigenvalue weighted by Gasteiger charge is -2.29. The van der Waals surface area contributed by atoms with Gasteiger partial charge in [0.25, 0.3) is 0 Å². The van der Waals surface area contributed by atoms with E-state index in [-0.39, 0.29) is 17.0 Å². The van der Waals surface area contributed by atoms with Gasteiger partial charge in [0, 0.05) is 16.7 Å². The zero-order valence-corrected chi connectivity index (χ0v) is 16.1. The monoisotopic (exact) mass is 354 g/mol. The molecule has 0 atom stereocenters. The standard InChI is InChI=1S/C25H22O2/c1-15-13-20(16-9-5-7-11-18(16)23(15)26)21-14-22(25(2,3)4)24(27)19-12-8-6-10-17(19)21/h5-14H,1-4H3/b21-20-. The van der Waals surface area contributed by atoms with Crippen molar-refractivity contribution in [2.24, 2.45) is 5.41 Å². The van der Waals surface area contributed by atoms with E-state index in [0.717, 1.165) is 44.5 Å². The van der Waals surface area contributed by atoms with Gasteiger partial charge in [-0.25, -0.2) is 0 Å². The fourth-order valence-electron chi connectivity index (χ4n) is 3.84. The first-order valence-corrected chi connectivity index (χ1v) is 9.22. The maximum absolute atomic E-state index is 13.1. The molecule has 2 aliphatic carbocycles. The maximum atomic E-state index is 13.1. The first-order chi connectivity index (χ1) is 12.8. The van der Waals surface area contributed by atoms with Crippen LogP contribution in [0.5, 0.6) is 0 Å². The Morgan fingerprint density at radius 3 is 1.59 bits per heavy atom. The molecule has 0 aromatic heterocycles. The van der Waals surface area contributed by atoms with E-state index in [0.29, 0.717) is 0 Å². The largest absolute Gasteiger partial charge is 0.289 e. The summed E-state index contributed by atoms with van der Waals surface area (Å²) in [5, 5.41) is 0. The first-order valence-electron chi connectivity index (χ1n) is 9.22. The number of hydrogen-bond donors (Lipinski definition) is 0. The molecule has 0 N–H and O–H groups in total. The highest BCUT2D eigenvalue weighted by Gasteiger charge is 2.32. The quantitative estimate of drug-likeness (QED) is 0.589. The third kappa shape index (κ3) is 2.73. The summed E-state index contributed by atoms with van der Waals surface area (Å²) >= 11 is 0. The van der Waals surface area contributed by atoms with Crippen molar-refractivity contribution in [1.29, 1.82) is 0 Å². The zero-order valence-electron chi connectivity index (χ0n) is 16.1. The molecule has 0 amide bonds. The second-order valence-electron chi connectivity index (χ2n) is 8.21. The Labute approximate surface area is 159 Å². The number of ketones is 2. The lowest BCUT2D eigenvalue weighted by molar-refractivity contribution is 0.101. The van der Waals surface area contributed by atoms with Crippen molar-refractivity contribution in [1.82, 2.24) is 0 Å². The van der Waals surface area contributed by atoms with Crippen LogP contribution in [0.1, 0.15) is 59.5 Å². The van der Waals surface area contributed by atoms with Crippen LogP contribution in [0.25, 0.3) is 11.1 Å². The SMILES string of the molecule is CC1=C/C(=C2\C=C(C(C)(C)C)C(=O)c3ccccc32)c2ccccc2C1=O. The molecule has 0 heterocycles. The van der Waals surface area contributed by atoms with Crippen LogP contribution in [0.2, 0.25) is 0 Å². The maximum Gasteiger partial charge on any atom is 0.190 e. The van der Waals surface area contributed by atoms with Gasteiger partial charge in [-0.15, -0.1) is 0 Å². The molecule has 0 aliphatic heterocycles. The molecule has 0 spiro atoms. The fraction of sp³-hybridized carbons (Fsp3) is 0.200. The number of Topliss-reactive ketones (excluding diaryl/α,β-unsaturated/α-hetero) is 2. The third-order valence-corrected chi connectivity index (χ3v) is 5.27. The third-order valence-electron chi connectivity index (χ3n) is 5.27. The molecule has 4 rings (SSSR count). The van der Waals surface area contributed by atoms with Gasteiger partial charge in [0.05, 0.1) is 0 Å². The summed E-state index contributed by atoms with van der Waals surface area (Å²) < 4.78 is 0. The molecule has 2 heteroatoms. The van der Waals surface area contributed by atoms with E-state index in [9.17, 15) is 9.59 Å². The van der Waals surface area contributed by atoms with Gasteiger partial charge in [0.15, 0.2) is 11.6 Å². The van der Waals surface area contributed by atoms with Gasteiger partial charge in [-0.1, -0.05) is 69.3 Å². The van der Waals surface area contributed by atoms with Gasteiger partial charge in [-0.3, -0.25) is 9.59 Å². The zero-order chi connectivity index (χ0) is 19.3. The Bertz CT molecular complexity index is 1090. The van der Waals surface area contributed by atoms with Crippen LogP contribution in [-0.2, 0) is 0 Å². The Balaban J connectivity index is 2.11. The van der Waals surface area contributed by atoms with E-state index in [1.807, 2.05) is 67.6 Å². The van der Waals surface area contributed by atoms with E-state index in [1.54, 1.807) is 0 Å². The summed E-state index contributed by atoms with van der Waals surface area (Å²) in [7, 11) is 0. The van der Waals surface area contributed by atoms with Crippen molar-refractivity contribution in [3.8, 4) is 0 Å². The second-order valence-corrected chi connectivity index (χ2v) is 8.21. The van der Waals surface area contributed by atoms with E-state index < -0.39 is 0 Å². The van der Waals surface area contributed by atoms with Crippen molar-refractivity contribution >= 4 is 22.7 Å². The Morgan fingerprint density at radius 1 is 0.630 bits per heavy atom. The molecular formula is C25H22O2. The number of carbonyl (C=O) groups excluding carboxylic acids is 2. The van der Waals surface area contributed by atoms with Crippen LogP contribution in [0.15, 0.2) is 71.8 Å². The smallest absolute Gasteiger partial charge is 0.190 e. The highest BCUT2D eigenvalue weighted by Crippen LogP contribution is 2.42. The second kappa shape index (κ2) is 6.02. The molecule has 2 aliphatic rings. The number of carbonyl (C=O) groups is 2. The number of benzene rings is 2. The summed E-state index contributed by atoms with van der Waals surface area (Å²) in [5.74, 6) is 0.151. The fourth-order valence-corrected chi connectivity index (χ4v) is 3.84. The van der Waals surface area contributed by atoms with Crippen LogP contribution in [-0.4, -0.2) is 11.6 Å². The summed E-state index contributed by atoms with van der Waals surface area (Å²) in [5.41, 5.74) is 6.57. The Morgan fingerprint density at radius 2 is 1.07 bits per heavy atom. The average molecular weight is 354 g/mol. The molecular weight excluding hydrogens is 332 g/mol. The summed E-state index contributed by atoms with van der Waals surface area (Å²) in [6.45, 7) is 8.04. The number of rotatable bonds is 0. The molecule has 134 valence electrons. The van der Waals surface area contributed by atoms with Crippen LogP contribution < -0.4 is 0 Å². The average Bonchev–Trinajstić information content (AvgIpc) is 2.64. The van der Waals surface area contributed by atoms with Crippen molar-refractivity contribution in [3.63, 3.8) is 0 Å². The van der Waals surface area contributed by atoms with Gasteiger partial charge in [-0.2, -0.15) is 0 Å². The highest BCUT2D eigenvalue weighted by atomic mass is 16.1. The van der Waals surface area contributed by atoms with E-state index >= 15 is 0 Å². The molecule has 0 saturated carbocycles. The number of hydrogen-bond acceptors (Lipinski definition) is 2. The molecule has 2 aromatic carbocycles. The van der Waals surface area contributed by atoms with Gasteiger partial charge in [0.2, 0.25) is 0 Å². The van der Waals surface area contributed by atoms with Crippen molar-refractivity contribution in [2.75, 3.05) is 0 Å². The number of fused-ring (bicyclic) bond motifs is 2. The molecule has 0 saturated heterocycles. The van der Waals surface area contributed by atoms with Gasteiger partial charge < -0.3 is 0 Å². The topological polar surface area (TPSA) is 34.1 Å². The normalized spacial score (nSPS) is 19.3. The Hall–Kier alpha value is -3.00. The first kappa shape index (κ1) is 17.4.